The highest BCUT2D eigenvalue weighted by molar-refractivity contribution is 6.32. The maximum absolute atomic E-state index is 14.3. The van der Waals surface area contributed by atoms with Crippen molar-refractivity contribution >= 4 is 41.2 Å². The molecule has 0 radical (unpaired) electrons. The third-order valence-electron chi connectivity index (χ3n) is 11.6. The number of benzene rings is 4. The summed E-state index contributed by atoms with van der Waals surface area (Å²) in [6.45, 7) is 4.44. The van der Waals surface area contributed by atoms with Crippen LogP contribution in [0.25, 0.3) is 0 Å². The maximum Gasteiger partial charge on any atom is 0.326 e. The monoisotopic (exact) mass is 933 g/mol. The largest absolute Gasteiger partial charge is 0.506 e. The first-order chi connectivity index (χ1) is 32.3. The zero-order valence-corrected chi connectivity index (χ0v) is 39.1. The molecule has 15 heteroatoms. The first-order valence-electron chi connectivity index (χ1n) is 23.1. The predicted molar refractivity (Wildman–Crippen MR) is 259 cm³/mol. The zero-order chi connectivity index (χ0) is 48.1. The highest BCUT2D eigenvalue weighted by Crippen LogP contribution is 2.27. The van der Waals surface area contributed by atoms with E-state index >= 15 is 0 Å². The van der Waals surface area contributed by atoms with Gasteiger partial charge in [-0.25, -0.2) is 9.78 Å². The fourth-order valence-corrected chi connectivity index (χ4v) is 8.01. The lowest BCUT2D eigenvalue weighted by Gasteiger charge is -2.25. The van der Waals surface area contributed by atoms with Gasteiger partial charge in [0.1, 0.15) is 23.9 Å². The molecule has 0 fully saturated rings. The van der Waals surface area contributed by atoms with E-state index < -0.39 is 47.9 Å². The van der Waals surface area contributed by atoms with Crippen molar-refractivity contribution in [1.82, 2.24) is 30.8 Å². The van der Waals surface area contributed by atoms with E-state index in [1.54, 1.807) is 6.33 Å². The number of aromatic hydroxyl groups is 1. The summed E-state index contributed by atoms with van der Waals surface area (Å²) >= 11 is 6.08. The molecule has 4 aromatic carbocycles. The second-order valence-corrected chi connectivity index (χ2v) is 17.5. The van der Waals surface area contributed by atoms with E-state index in [4.69, 9.17) is 17.3 Å². The van der Waals surface area contributed by atoms with Crippen LogP contribution in [0.2, 0.25) is 5.02 Å². The molecule has 1 aromatic heterocycles. The molecule has 0 aliphatic carbocycles. The Morgan fingerprint density at radius 2 is 1.30 bits per heavy atom. The molecule has 356 valence electrons. The molecule has 5 aromatic rings. The molecule has 0 aliphatic rings. The lowest BCUT2D eigenvalue weighted by atomic mass is 9.98. The standard InChI is InChI=1S/C52H64ClN7O7/c1-3-4-5-6-13-21-47(62)55-28-15-14-20-43(57-49(63)42(54)32-40-33-60(34-56-40)48(38-16-9-7-10-17-38)39-18-11-8-12-19-39)50(64)58-44(30-36-24-22-35(2)23-25-36)51(65)59-45(52(66)67)31-37-26-27-46(61)41(53)29-37/h7-12,16-19,22-27,29,33-34,42-45,48,61H,3-6,13-15,20-21,28,30-32,54H2,1-2H3,(H,55,62)(H,57,63)(H,58,64)(H,59,65)(H,66,67)/t42-,43-,44+,45-/m0/s1. The van der Waals surface area contributed by atoms with E-state index in [2.05, 4.69) is 33.2 Å². The van der Waals surface area contributed by atoms with Gasteiger partial charge in [0.05, 0.1) is 29.1 Å². The molecule has 67 heavy (non-hydrogen) atoms. The highest BCUT2D eigenvalue weighted by atomic mass is 35.5. The van der Waals surface area contributed by atoms with Gasteiger partial charge in [-0.1, -0.05) is 141 Å². The molecule has 0 saturated carbocycles. The topological polar surface area (TPSA) is 218 Å². The molecule has 0 aliphatic heterocycles. The van der Waals surface area contributed by atoms with Gasteiger partial charge in [-0.15, -0.1) is 0 Å². The second kappa shape index (κ2) is 26.6. The first kappa shape index (κ1) is 51.5. The van der Waals surface area contributed by atoms with Crippen LogP contribution in [0.4, 0.5) is 0 Å². The van der Waals surface area contributed by atoms with Gasteiger partial charge >= 0.3 is 5.97 Å². The van der Waals surface area contributed by atoms with Crippen LogP contribution in [0, 0.1) is 6.92 Å². The molecule has 8 N–H and O–H groups in total. The van der Waals surface area contributed by atoms with Crippen LogP contribution in [0.3, 0.4) is 0 Å². The van der Waals surface area contributed by atoms with E-state index in [-0.39, 0.29) is 48.4 Å². The summed E-state index contributed by atoms with van der Waals surface area (Å²) in [4.78, 5) is 71.8. The number of aliphatic carboxylic acids is 1. The Bertz CT molecular complexity index is 2320. The fourth-order valence-electron chi connectivity index (χ4n) is 7.80. The van der Waals surface area contributed by atoms with Crippen molar-refractivity contribution in [2.24, 2.45) is 5.73 Å². The average molecular weight is 935 g/mol. The van der Waals surface area contributed by atoms with Gasteiger partial charge in [0.15, 0.2) is 0 Å². The average Bonchev–Trinajstić information content (AvgIpc) is 3.77. The Hall–Kier alpha value is -6.51. The van der Waals surface area contributed by atoms with Crippen LogP contribution in [-0.2, 0) is 43.2 Å². The molecule has 0 saturated heterocycles. The molecule has 0 unspecified atom stereocenters. The Labute approximate surface area is 398 Å². The van der Waals surface area contributed by atoms with E-state index in [0.29, 0.717) is 42.6 Å². The second-order valence-electron chi connectivity index (χ2n) is 17.1. The van der Waals surface area contributed by atoms with Gasteiger partial charge in [-0.2, -0.15) is 0 Å². The Morgan fingerprint density at radius 3 is 1.94 bits per heavy atom. The van der Waals surface area contributed by atoms with Crippen LogP contribution < -0.4 is 27.0 Å². The highest BCUT2D eigenvalue weighted by Gasteiger charge is 2.31. The summed E-state index contributed by atoms with van der Waals surface area (Å²) in [7, 11) is 0. The minimum atomic E-state index is -1.41. The minimum absolute atomic E-state index is 0.00943. The number of carbonyl (C=O) groups excluding carboxylic acids is 4. The minimum Gasteiger partial charge on any atom is -0.506 e. The first-order valence-corrected chi connectivity index (χ1v) is 23.5. The molecule has 0 bridgehead atoms. The molecule has 0 spiro atoms. The van der Waals surface area contributed by atoms with Crippen molar-refractivity contribution in [2.45, 2.75) is 121 Å². The Kier molecular flexibility index (Phi) is 20.4. The quantitative estimate of drug-likeness (QED) is 0.0278. The fraction of sp³-hybridized carbons (Fsp3) is 0.385. The predicted octanol–water partition coefficient (Wildman–Crippen LogP) is 6.73. The number of aryl methyl sites for hydroxylation is 1. The number of nitrogens with one attached hydrogen (secondary N) is 4. The van der Waals surface area contributed by atoms with E-state index in [9.17, 15) is 34.2 Å². The number of unbranched alkanes of at least 4 members (excludes halogenated alkanes) is 5. The molecule has 1 heterocycles. The number of carboxylic acids is 1. The number of carboxylic acid groups (broad SMARTS) is 1. The van der Waals surface area contributed by atoms with Gasteiger partial charge < -0.3 is 41.8 Å². The number of amides is 4. The Balaban J connectivity index is 1.31. The number of aromatic nitrogens is 2. The summed E-state index contributed by atoms with van der Waals surface area (Å²) in [5.74, 6) is -3.56. The van der Waals surface area contributed by atoms with Crippen LogP contribution in [0.1, 0.15) is 104 Å². The lowest BCUT2D eigenvalue weighted by Crippen LogP contribution is -2.58. The summed E-state index contributed by atoms with van der Waals surface area (Å²) in [5.41, 5.74) is 11.3. The maximum atomic E-state index is 14.3. The van der Waals surface area contributed by atoms with Crippen molar-refractivity contribution in [3.8, 4) is 5.75 Å². The molecule has 4 atom stereocenters. The van der Waals surface area contributed by atoms with Gasteiger partial charge in [-0.3, -0.25) is 19.2 Å². The smallest absolute Gasteiger partial charge is 0.326 e. The van der Waals surface area contributed by atoms with Gasteiger partial charge in [0.25, 0.3) is 0 Å². The summed E-state index contributed by atoms with van der Waals surface area (Å²) in [6.07, 6.45) is 10.2. The zero-order valence-electron chi connectivity index (χ0n) is 38.3. The van der Waals surface area contributed by atoms with E-state index in [1.807, 2.05) is 103 Å². The number of rotatable bonds is 27. The van der Waals surface area contributed by atoms with Crippen LogP contribution >= 0.6 is 11.6 Å². The molecule has 5 rings (SSSR count). The van der Waals surface area contributed by atoms with Crippen molar-refractivity contribution < 1.29 is 34.2 Å². The van der Waals surface area contributed by atoms with Gasteiger partial charge in [0.2, 0.25) is 23.6 Å². The van der Waals surface area contributed by atoms with Crippen molar-refractivity contribution in [1.29, 1.82) is 0 Å². The van der Waals surface area contributed by atoms with E-state index in [0.717, 1.165) is 48.8 Å². The molecule has 14 nitrogen and oxygen atoms in total. The number of imidazole rings is 1. The number of hydrogen-bond acceptors (Lipinski definition) is 8. The van der Waals surface area contributed by atoms with E-state index in [1.165, 1.54) is 18.2 Å². The summed E-state index contributed by atoms with van der Waals surface area (Å²) in [6, 6.07) is 26.5. The summed E-state index contributed by atoms with van der Waals surface area (Å²) < 4.78 is 1.97. The number of phenols is 1. The number of hydrogen-bond donors (Lipinski definition) is 7. The third kappa shape index (κ3) is 16.7. The number of carbonyl (C=O) groups is 5. The van der Waals surface area contributed by atoms with Crippen LogP contribution in [0.5, 0.6) is 5.75 Å². The third-order valence-corrected chi connectivity index (χ3v) is 11.9. The van der Waals surface area contributed by atoms with Crippen molar-refractivity contribution in [3.63, 3.8) is 0 Å². The molecule has 4 amide bonds. The SMILES string of the molecule is CCCCCCCC(=O)NCCCC[C@H](NC(=O)[C@@H](N)Cc1cn(C(c2ccccc2)c2ccccc2)cn1)C(=O)N[C@H](Cc1ccc(C)cc1)C(=O)N[C@@H](Cc1ccc(O)c(Cl)c1)C(=O)O. The number of phenolic OH excluding ortho intramolecular Hbond substituents is 1. The Morgan fingerprint density at radius 1 is 0.701 bits per heavy atom. The van der Waals surface area contributed by atoms with Crippen LogP contribution in [0.15, 0.2) is 116 Å². The number of nitrogens with two attached hydrogens (primary N) is 1. The lowest BCUT2D eigenvalue weighted by molar-refractivity contribution is -0.142. The van der Waals surface area contributed by atoms with Gasteiger partial charge in [-0.05, 0) is 67.0 Å². The van der Waals surface area contributed by atoms with Crippen LogP contribution in [-0.4, -0.2) is 80.1 Å². The molecular formula is C52H64ClN7O7. The number of nitrogens with zero attached hydrogens (tertiary/aromatic N) is 2. The van der Waals surface area contributed by atoms with Gasteiger partial charge in [0, 0.05) is 38.4 Å². The van der Waals surface area contributed by atoms with Crippen molar-refractivity contribution in [3.05, 3.63) is 154 Å². The molecular weight excluding hydrogens is 870 g/mol. The normalized spacial score (nSPS) is 13.0. The summed E-state index contributed by atoms with van der Waals surface area (Å²) in [5, 5.41) is 31.2. The number of halogens is 1. The van der Waals surface area contributed by atoms with Crippen molar-refractivity contribution in [2.75, 3.05) is 6.54 Å².